The highest BCUT2D eigenvalue weighted by atomic mass is 16.4. The van der Waals surface area contributed by atoms with Crippen LogP contribution in [0.2, 0.25) is 0 Å². The Bertz CT molecular complexity index is 728. The number of hydrogen-bond donors (Lipinski definition) is 2. The maximum atomic E-state index is 12.4. The third-order valence-corrected chi connectivity index (χ3v) is 3.97. The zero-order valence-corrected chi connectivity index (χ0v) is 13.5. The molecule has 0 aliphatic heterocycles. The standard InChI is InChI=1S/C18H20N2O3/c1-4-18(3,17(22)23)20-16(21)14-10-11-15(19-12(14)2)13-8-6-5-7-9-13/h5-11H,4H2,1-3H3,(H,20,21)(H,22,23). The zero-order valence-electron chi connectivity index (χ0n) is 13.5. The normalized spacial score (nSPS) is 13.2. The molecule has 2 aromatic rings. The number of aliphatic carboxylic acids is 1. The summed E-state index contributed by atoms with van der Waals surface area (Å²) in [5.74, 6) is -1.48. The van der Waals surface area contributed by atoms with Crippen LogP contribution in [0.1, 0.15) is 36.3 Å². The minimum atomic E-state index is -1.29. The average Bonchev–Trinajstić information content (AvgIpc) is 2.55. The van der Waals surface area contributed by atoms with Gasteiger partial charge in [0, 0.05) is 5.56 Å². The van der Waals surface area contributed by atoms with E-state index < -0.39 is 17.4 Å². The number of carboxylic acids is 1. The molecular formula is C18H20N2O3. The van der Waals surface area contributed by atoms with Gasteiger partial charge in [-0.15, -0.1) is 0 Å². The molecule has 120 valence electrons. The fraction of sp³-hybridized carbons (Fsp3) is 0.278. The van der Waals surface area contributed by atoms with Crippen LogP contribution in [0.25, 0.3) is 11.3 Å². The summed E-state index contributed by atoms with van der Waals surface area (Å²) in [5.41, 5.74) is 1.39. The number of carbonyl (C=O) groups is 2. The Morgan fingerprint density at radius 1 is 1.17 bits per heavy atom. The first-order chi connectivity index (χ1) is 10.9. The smallest absolute Gasteiger partial charge is 0.329 e. The van der Waals surface area contributed by atoms with E-state index in [1.165, 1.54) is 6.92 Å². The van der Waals surface area contributed by atoms with Crippen molar-refractivity contribution in [1.82, 2.24) is 10.3 Å². The topological polar surface area (TPSA) is 79.3 Å². The Morgan fingerprint density at radius 3 is 2.35 bits per heavy atom. The molecule has 0 saturated carbocycles. The van der Waals surface area contributed by atoms with Gasteiger partial charge in [0.2, 0.25) is 0 Å². The fourth-order valence-electron chi connectivity index (χ4n) is 2.18. The van der Waals surface area contributed by atoms with E-state index in [9.17, 15) is 14.7 Å². The van der Waals surface area contributed by atoms with E-state index in [0.29, 0.717) is 17.7 Å². The van der Waals surface area contributed by atoms with Gasteiger partial charge in [-0.1, -0.05) is 37.3 Å². The molecule has 5 heteroatoms. The molecule has 1 unspecified atom stereocenters. The van der Waals surface area contributed by atoms with E-state index in [1.54, 1.807) is 26.0 Å². The molecule has 0 radical (unpaired) electrons. The van der Waals surface area contributed by atoms with E-state index in [4.69, 9.17) is 0 Å². The van der Waals surface area contributed by atoms with E-state index in [2.05, 4.69) is 10.3 Å². The number of pyridine rings is 1. The van der Waals surface area contributed by atoms with Crippen LogP contribution >= 0.6 is 0 Å². The van der Waals surface area contributed by atoms with Gasteiger partial charge in [0.1, 0.15) is 5.54 Å². The Morgan fingerprint density at radius 2 is 1.83 bits per heavy atom. The number of amides is 1. The maximum Gasteiger partial charge on any atom is 0.329 e. The van der Waals surface area contributed by atoms with Gasteiger partial charge in [0.05, 0.1) is 17.0 Å². The van der Waals surface area contributed by atoms with Crippen molar-refractivity contribution in [2.75, 3.05) is 0 Å². The van der Waals surface area contributed by atoms with Crippen molar-refractivity contribution in [1.29, 1.82) is 0 Å². The molecular weight excluding hydrogens is 292 g/mol. The van der Waals surface area contributed by atoms with E-state index in [1.807, 2.05) is 30.3 Å². The molecule has 0 spiro atoms. The van der Waals surface area contributed by atoms with Crippen LogP contribution in [0.4, 0.5) is 0 Å². The molecule has 2 rings (SSSR count). The zero-order chi connectivity index (χ0) is 17.0. The summed E-state index contributed by atoms with van der Waals surface area (Å²) in [6, 6.07) is 13.1. The first-order valence-corrected chi connectivity index (χ1v) is 7.46. The van der Waals surface area contributed by atoms with Crippen molar-refractivity contribution in [2.45, 2.75) is 32.7 Å². The van der Waals surface area contributed by atoms with Gasteiger partial charge in [-0.3, -0.25) is 9.78 Å². The Hall–Kier alpha value is -2.69. The molecule has 1 heterocycles. The number of nitrogens with zero attached hydrogens (tertiary/aromatic N) is 1. The molecule has 0 bridgehead atoms. The lowest BCUT2D eigenvalue weighted by molar-refractivity contribution is -0.143. The van der Waals surface area contributed by atoms with Crippen LogP contribution < -0.4 is 5.32 Å². The lowest BCUT2D eigenvalue weighted by Crippen LogP contribution is -2.51. The van der Waals surface area contributed by atoms with Crippen LogP contribution in [-0.2, 0) is 4.79 Å². The van der Waals surface area contributed by atoms with Gasteiger partial charge in [-0.05, 0) is 32.4 Å². The van der Waals surface area contributed by atoms with E-state index >= 15 is 0 Å². The second-order valence-electron chi connectivity index (χ2n) is 5.64. The highest BCUT2D eigenvalue weighted by Gasteiger charge is 2.33. The molecule has 0 aliphatic rings. The van der Waals surface area contributed by atoms with Crippen molar-refractivity contribution in [2.24, 2.45) is 0 Å². The van der Waals surface area contributed by atoms with Gasteiger partial charge in [0.25, 0.3) is 5.91 Å². The van der Waals surface area contributed by atoms with Gasteiger partial charge in [-0.2, -0.15) is 0 Å². The predicted molar refractivity (Wildman–Crippen MR) is 88.2 cm³/mol. The molecule has 1 aromatic carbocycles. The summed E-state index contributed by atoms with van der Waals surface area (Å²) >= 11 is 0. The van der Waals surface area contributed by atoms with Crippen molar-refractivity contribution in [3.63, 3.8) is 0 Å². The number of aryl methyl sites for hydroxylation is 1. The fourth-order valence-corrected chi connectivity index (χ4v) is 2.18. The van der Waals surface area contributed by atoms with Gasteiger partial charge >= 0.3 is 5.97 Å². The second kappa shape index (κ2) is 6.60. The number of hydrogen-bond acceptors (Lipinski definition) is 3. The number of aromatic nitrogens is 1. The molecule has 23 heavy (non-hydrogen) atoms. The molecule has 1 atom stereocenters. The number of carbonyl (C=O) groups excluding carboxylic acids is 1. The van der Waals surface area contributed by atoms with Crippen molar-refractivity contribution in [3.8, 4) is 11.3 Å². The van der Waals surface area contributed by atoms with E-state index in [0.717, 1.165) is 11.3 Å². The highest BCUT2D eigenvalue weighted by Crippen LogP contribution is 2.19. The lowest BCUT2D eigenvalue weighted by atomic mass is 9.98. The third-order valence-electron chi connectivity index (χ3n) is 3.97. The quantitative estimate of drug-likeness (QED) is 0.889. The first-order valence-electron chi connectivity index (χ1n) is 7.46. The average molecular weight is 312 g/mol. The predicted octanol–water partition coefficient (Wildman–Crippen LogP) is 3.04. The lowest BCUT2D eigenvalue weighted by Gasteiger charge is -2.24. The van der Waals surface area contributed by atoms with Crippen LogP contribution in [0.3, 0.4) is 0 Å². The summed E-state index contributed by atoms with van der Waals surface area (Å²) in [7, 11) is 0. The molecule has 1 aromatic heterocycles. The second-order valence-corrected chi connectivity index (χ2v) is 5.64. The Labute approximate surface area is 135 Å². The van der Waals surface area contributed by atoms with Gasteiger partial charge in [-0.25, -0.2) is 4.79 Å². The molecule has 0 fully saturated rings. The number of benzene rings is 1. The van der Waals surface area contributed by atoms with Crippen molar-refractivity contribution in [3.05, 3.63) is 53.7 Å². The summed E-state index contributed by atoms with van der Waals surface area (Å²) in [5, 5.41) is 11.8. The highest BCUT2D eigenvalue weighted by molar-refractivity contribution is 5.98. The number of rotatable bonds is 5. The minimum absolute atomic E-state index is 0.294. The Kier molecular flexibility index (Phi) is 4.79. The summed E-state index contributed by atoms with van der Waals surface area (Å²) in [6.07, 6.45) is 0.294. The van der Waals surface area contributed by atoms with Crippen LogP contribution in [0.15, 0.2) is 42.5 Å². The van der Waals surface area contributed by atoms with Crippen LogP contribution in [-0.4, -0.2) is 27.5 Å². The monoisotopic (exact) mass is 312 g/mol. The molecule has 0 saturated heterocycles. The van der Waals surface area contributed by atoms with Crippen molar-refractivity contribution >= 4 is 11.9 Å². The minimum Gasteiger partial charge on any atom is -0.480 e. The van der Waals surface area contributed by atoms with Crippen LogP contribution in [0, 0.1) is 6.92 Å². The number of carboxylic acid groups (broad SMARTS) is 1. The van der Waals surface area contributed by atoms with Crippen LogP contribution in [0.5, 0.6) is 0 Å². The SMILES string of the molecule is CCC(C)(NC(=O)c1ccc(-c2ccccc2)nc1C)C(=O)O. The maximum absolute atomic E-state index is 12.4. The molecule has 1 amide bonds. The summed E-state index contributed by atoms with van der Waals surface area (Å²) in [6.45, 7) is 4.96. The Balaban J connectivity index is 2.28. The first kappa shape index (κ1) is 16.7. The van der Waals surface area contributed by atoms with Gasteiger partial charge in [0.15, 0.2) is 0 Å². The number of nitrogens with one attached hydrogen (secondary N) is 1. The molecule has 2 N–H and O–H groups in total. The molecule has 0 aliphatic carbocycles. The largest absolute Gasteiger partial charge is 0.480 e. The summed E-state index contributed by atoms with van der Waals surface area (Å²) in [4.78, 5) is 28.1. The van der Waals surface area contributed by atoms with Crippen molar-refractivity contribution < 1.29 is 14.7 Å². The molecule has 5 nitrogen and oxygen atoms in total. The van der Waals surface area contributed by atoms with Gasteiger partial charge < -0.3 is 10.4 Å². The summed E-state index contributed by atoms with van der Waals surface area (Å²) < 4.78 is 0. The third kappa shape index (κ3) is 3.56. The van der Waals surface area contributed by atoms with E-state index in [-0.39, 0.29) is 0 Å².